The SMILES string of the molecule is O=Cc1nn(C2CCCCO2)c2ncc(-c3cncc(CN4CCCCC4)c3)cc12. The van der Waals surface area contributed by atoms with E-state index in [1.54, 1.807) is 4.68 Å². The minimum Gasteiger partial charge on any atom is -0.356 e. The van der Waals surface area contributed by atoms with Crippen LogP contribution in [0.2, 0.25) is 0 Å². The van der Waals surface area contributed by atoms with Crippen molar-refractivity contribution < 1.29 is 9.53 Å². The summed E-state index contributed by atoms with van der Waals surface area (Å²) in [4.78, 5) is 23.3. The summed E-state index contributed by atoms with van der Waals surface area (Å²) in [6.07, 6.45) is 13.2. The summed E-state index contributed by atoms with van der Waals surface area (Å²) in [6, 6.07) is 4.18. The molecule has 0 radical (unpaired) electrons. The van der Waals surface area contributed by atoms with Crippen molar-refractivity contribution in [2.45, 2.75) is 51.3 Å². The van der Waals surface area contributed by atoms with Gasteiger partial charge in [-0.05, 0) is 62.9 Å². The van der Waals surface area contributed by atoms with E-state index in [-0.39, 0.29) is 6.23 Å². The molecule has 2 fully saturated rings. The predicted molar refractivity (Wildman–Crippen MR) is 114 cm³/mol. The zero-order valence-corrected chi connectivity index (χ0v) is 17.2. The van der Waals surface area contributed by atoms with Crippen LogP contribution in [0.4, 0.5) is 0 Å². The molecule has 0 spiro atoms. The first-order valence-electron chi connectivity index (χ1n) is 10.9. The van der Waals surface area contributed by atoms with Crippen LogP contribution in [0.25, 0.3) is 22.2 Å². The van der Waals surface area contributed by atoms with Gasteiger partial charge in [-0.15, -0.1) is 0 Å². The lowest BCUT2D eigenvalue weighted by atomic mass is 10.1. The third-order valence-electron chi connectivity index (χ3n) is 6.10. The maximum absolute atomic E-state index is 11.7. The Balaban J connectivity index is 1.46. The number of likely N-dealkylation sites (tertiary alicyclic amines) is 1. The summed E-state index contributed by atoms with van der Waals surface area (Å²) in [7, 11) is 0. The third-order valence-corrected chi connectivity index (χ3v) is 6.10. The number of aldehydes is 1. The fraction of sp³-hybridized carbons (Fsp3) is 0.478. The fourth-order valence-corrected chi connectivity index (χ4v) is 4.52. The minimum absolute atomic E-state index is 0.150. The van der Waals surface area contributed by atoms with Crippen molar-refractivity contribution in [3.63, 3.8) is 0 Å². The number of aromatic nitrogens is 4. The number of fused-ring (bicyclic) bond motifs is 1. The molecule has 7 nitrogen and oxygen atoms in total. The number of hydrogen-bond donors (Lipinski definition) is 0. The molecule has 5 heterocycles. The number of rotatable bonds is 5. The van der Waals surface area contributed by atoms with E-state index in [1.807, 2.05) is 24.7 Å². The molecule has 0 aromatic carbocycles. The Morgan fingerprint density at radius 3 is 2.70 bits per heavy atom. The van der Waals surface area contributed by atoms with Gasteiger partial charge in [0.25, 0.3) is 0 Å². The molecule has 5 rings (SSSR count). The first kappa shape index (κ1) is 19.3. The van der Waals surface area contributed by atoms with E-state index in [2.05, 4.69) is 26.0 Å². The predicted octanol–water partition coefficient (Wildman–Crippen LogP) is 3.99. The molecule has 2 aliphatic rings. The van der Waals surface area contributed by atoms with Gasteiger partial charge in [-0.25, -0.2) is 9.67 Å². The zero-order chi connectivity index (χ0) is 20.3. The Morgan fingerprint density at radius 1 is 1.03 bits per heavy atom. The quantitative estimate of drug-likeness (QED) is 0.598. The second-order valence-electron chi connectivity index (χ2n) is 8.28. The van der Waals surface area contributed by atoms with Crippen LogP contribution in [0, 0.1) is 0 Å². The van der Waals surface area contributed by atoms with Gasteiger partial charge < -0.3 is 4.74 Å². The molecule has 0 bridgehead atoms. The highest BCUT2D eigenvalue weighted by molar-refractivity contribution is 5.95. The summed E-state index contributed by atoms with van der Waals surface area (Å²) >= 11 is 0. The Kier molecular flexibility index (Phi) is 5.55. The molecule has 0 saturated carbocycles. The molecule has 2 saturated heterocycles. The molecule has 2 aliphatic heterocycles. The summed E-state index contributed by atoms with van der Waals surface area (Å²) < 4.78 is 7.63. The molecular formula is C23H27N5O2. The van der Waals surface area contributed by atoms with Gasteiger partial charge in [0.05, 0.1) is 5.39 Å². The smallest absolute Gasteiger partial charge is 0.171 e. The Bertz CT molecular complexity index is 1040. The highest BCUT2D eigenvalue weighted by atomic mass is 16.5. The molecule has 0 amide bonds. The normalized spacial score (nSPS) is 20.5. The third kappa shape index (κ3) is 3.87. The van der Waals surface area contributed by atoms with Gasteiger partial charge in [0.1, 0.15) is 5.69 Å². The Labute approximate surface area is 176 Å². The molecular weight excluding hydrogens is 378 g/mol. The highest BCUT2D eigenvalue weighted by Gasteiger charge is 2.22. The Hall–Kier alpha value is -2.64. The van der Waals surface area contributed by atoms with Crippen LogP contribution in [-0.2, 0) is 11.3 Å². The first-order valence-corrected chi connectivity index (χ1v) is 10.9. The van der Waals surface area contributed by atoms with Crippen LogP contribution in [0.1, 0.15) is 60.8 Å². The second-order valence-corrected chi connectivity index (χ2v) is 8.28. The molecule has 3 aromatic heterocycles. The summed E-state index contributed by atoms with van der Waals surface area (Å²) in [6.45, 7) is 3.95. The molecule has 3 aromatic rings. The number of ether oxygens (including phenoxy) is 1. The van der Waals surface area contributed by atoms with E-state index in [0.717, 1.165) is 68.3 Å². The van der Waals surface area contributed by atoms with Crippen molar-refractivity contribution in [1.29, 1.82) is 0 Å². The first-order chi connectivity index (χ1) is 14.8. The van der Waals surface area contributed by atoms with Crippen molar-refractivity contribution >= 4 is 17.3 Å². The average Bonchev–Trinajstić information content (AvgIpc) is 3.18. The fourth-order valence-electron chi connectivity index (χ4n) is 4.52. The topological polar surface area (TPSA) is 73.1 Å². The Morgan fingerprint density at radius 2 is 1.90 bits per heavy atom. The van der Waals surface area contributed by atoms with Crippen molar-refractivity contribution in [3.8, 4) is 11.1 Å². The number of piperidine rings is 1. The monoisotopic (exact) mass is 405 g/mol. The number of carbonyl (C=O) groups excluding carboxylic acids is 1. The molecule has 7 heteroatoms. The van der Waals surface area contributed by atoms with Gasteiger partial charge >= 0.3 is 0 Å². The van der Waals surface area contributed by atoms with E-state index in [4.69, 9.17) is 4.74 Å². The minimum atomic E-state index is -0.150. The van der Waals surface area contributed by atoms with Crippen LogP contribution < -0.4 is 0 Å². The largest absolute Gasteiger partial charge is 0.356 e. The average molecular weight is 406 g/mol. The van der Waals surface area contributed by atoms with Crippen LogP contribution in [0.3, 0.4) is 0 Å². The maximum Gasteiger partial charge on any atom is 0.171 e. The van der Waals surface area contributed by atoms with E-state index in [0.29, 0.717) is 11.3 Å². The molecule has 30 heavy (non-hydrogen) atoms. The van der Waals surface area contributed by atoms with E-state index in [1.165, 1.54) is 24.8 Å². The lowest BCUT2D eigenvalue weighted by molar-refractivity contribution is -0.0370. The molecule has 0 N–H and O–H groups in total. The lowest BCUT2D eigenvalue weighted by Crippen LogP contribution is -2.29. The molecule has 0 aliphatic carbocycles. The number of carbonyl (C=O) groups is 1. The van der Waals surface area contributed by atoms with Crippen LogP contribution in [-0.4, -0.2) is 50.6 Å². The summed E-state index contributed by atoms with van der Waals surface area (Å²) in [5.74, 6) is 0. The van der Waals surface area contributed by atoms with Crippen molar-refractivity contribution in [3.05, 3.63) is 42.0 Å². The lowest BCUT2D eigenvalue weighted by Gasteiger charge is -2.26. The van der Waals surface area contributed by atoms with Gasteiger partial charge in [0.15, 0.2) is 18.2 Å². The van der Waals surface area contributed by atoms with Crippen LogP contribution in [0.5, 0.6) is 0 Å². The van der Waals surface area contributed by atoms with Crippen molar-refractivity contribution in [1.82, 2.24) is 24.6 Å². The van der Waals surface area contributed by atoms with Crippen LogP contribution in [0.15, 0.2) is 30.7 Å². The molecule has 156 valence electrons. The van der Waals surface area contributed by atoms with Gasteiger partial charge in [0, 0.05) is 42.9 Å². The second kappa shape index (κ2) is 8.62. The van der Waals surface area contributed by atoms with Gasteiger partial charge in [-0.3, -0.25) is 14.7 Å². The zero-order valence-electron chi connectivity index (χ0n) is 17.2. The standard InChI is InChI=1S/C23H27N5O2/c29-16-21-20-11-19(14-25-23(20)28(26-21)22-6-2-5-9-30-22)18-10-17(12-24-13-18)15-27-7-3-1-4-8-27/h10-14,16,22H,1-9,15H2. The van der Waals surface area contributed by atoms with Crippen molar-refractivity contribution in [2.75, 3.05) is 19.7 Å². The summed E-state index contributed by atoms with van der Waals surface area (Å²) in [5, 5.41) is 5.26. The van der Waals surface area contributed by atoms with Gasteiger partial charge in [0.2, 0.25) is 0 Å². The van der Waals surface area contributed by atoms with E-state index >= 15 is 0 Å². The number of nitrogens with zero attached hydrogens (tertiary/aromatic N) is 5. The van der Waals surface area contributed by atoms with E-state index < -0.39 is 0 Å². The summed E-state index contributed by atoms with van der Waals surface area (Å²) in [5.41, 5.74) is 4.27. The highest BCUT2D eigenvalue weighted by Crippen LogP contribution is 2.29. The van der Waals surface area contributed by atoms with Crippen molar-refractivity contribution in [2.24, 2.45) is 0 Å². The van der Waals surface area contributed by atoms with Gasteiger partial charge in [-0.1, -0.05) is 6.42 Å². The van der Waals surface area contributed by atoms with Gasteiger partial charge in [-0.2, -0.15) is 5.10 Å². The number of pyridine rings is 2. The van der Waals surface area contributed by atoms with E-state index in [9.17, 15) is 4.79 Å². The maximum atomic E-state index is 11.7. The molecule has 1 atom stereocenters. The van der Waals surface area contributed by atoms with Crippen LogP contribution >= 0.6 is 0 Å². The number of hydrogen-bond acceptors (Lipinski definition) is 6. The molecule has 1 unspecified atom stereocenters.